The van der Waals surface area contributed by atoms with Gasteiger partial charge in [-0.05, 0) is 43.5 Å². The summed E-state index contributed by atoms with van der Waals surface area (Å²) < 4.78 is 12.8. The first-order chi connectivity index (χ1) is 7.74. The van der Waals surface area contributed by atoms with Crippen molar-refractivity contribution in [3.05, 3.63) is 35.6 Å². The Balaban J connectivity index is 2.08. The number of benzene rings is 1. The number of hydrogen-bond donors (Lipinski definition) is 2. The quantitative estimate of drug-likeness (QED) is 0.818. The zero-order valence-electron chi connectivity index (χ0n) is 9.38. The molecule has 0 amide bonds. The standard InChI is InChI=1S/C13H18FNO/c14-12-4-2-11(3-5-12)8-13(10-16)6-1-7-15-9-13/h2-5,15-16H,1,6-10H2/t13-/m0/s1. The van der Waals surface area contributed by atoms with Gasteiger partial charge in [0.1, 0.15) is 5.82 Å². The summed E-state index contributed by atoms with van der Waals surface area (Å²) in [5, 5.41) is 12.9. The number of piperidine rings is 1. The van der Waals surface area contributed by atoms with Crippen molar-refractivity contribution in [1.29, 1.82) is 0 Å². The van der Waals surface area contributed by atoms with E-state index in [-0.39, 0.29) is 17.8 Å². The summed E-state index contributed by atoms with van der Waals surface area (Å²) in [6, 6.07) is 6.58. The van der Waals surface area contributed by atoms with Crippen LogP contribution in [0.5, 0.6) is 0 Å². The molecule has 16 heavy (non-hydrogen) atoms. The average molecular weight is 223 g/mol. The van der Waals surface area contributed by atoms with Crippen LogP contribution in [-0.2, 0) is 6.42 Å². The fourth-order valence-electron chi connectivity index (χ4n) is 2.41. The normalized spacial score (nSPS) is 25.6. The van der Waals surface area contributed by atoms with E-state index in [1.807, 2.05) is 0 Å². The van der Waals surface area contributed by atoms with Gasteiger partial charge in [0.15, 0.2) is 0 Å². The zero-order valence-corrected chi connectivity index (χ0v) is 9.38. The molecule has 1 atom stereocenters. The first-order valence-electron chi connectivity index (χ1n) is 5.80. The van der Waals surface area contributed by atoms with Crippen LogP contribution in [0, 0.1) is 11.2 Å². The van der Waals surface area contributed by atoms with Crippen molar-refractivity contribution in [2.75, 3.05) is 19.7 Å². The third kappa shape index (κ3) is 2.60. The van der Waals surface area contributed by atoms with Gasteiger partial charge >= 0.3 is 0 Å². The van der Waals surface area contributed by atoms with Crippen LogP contribution in [0.4, 0.5) is 4.39 Å². The summed E-state index contributed by atoms with van der Waals surface area (Å²) in [6.07, 6.45) is 2.95. The molecule has 0 bridgehead atoms. The van der Waals surface area contributed by atoms with Crippen molar-refractivity contribution in [1.82, 2.24) is 5.32 Å². The molecule has 0 unspecified atom stereocenters. The molecule has 1 heterocycles. The minimum Gasteiger partial charge on any atom is -0.396 e. The summed E-state index contributed by atoms with van der Waals surface area (Å²) in [6.45, 7) is 2.07. The van der Waals surface area contributed by atoms with E-state index in [1.54, 1.807) is 12.1 Å². The first kappa shape index (κ1) is 11.6. The zero-order chi connectivity index (χ0) is 11.4. The van der Waals surface area contributed by atoms with Crippen molar-refractivity contribution in [2.24, 2.45) is 5.41 Å². The highest BCUT2D eigenvalue weighted by atomic mass is 19.1. The molecule has 1 aromatic carbocycles. The minimum atomic E-state index is -0.205. The van der Waals surface area contributed by atoms with Gasteiger partial charge < -0.3 is 10.4 Å². The fraction of sp³-hybridized carbons (Fsp3) is 0.538. The number of halogens is 1. The molecule has 1 saturated heterocycles. The Kier molecular flexibility index (Phi) is 3.56. The molecule has 1 aromatic rings. The molecule has 1 fully saturated rings. The van der Waals surface area contributed by atoms with Crippen LogP contribution in [0.15, 0.2) is 24.3 Å². The van der Waals surface area contributed by atoms with Crippen LogP contribution >= 0.6 is 0 Å². The smallest absolute Gasteiger partial charge is 0.123 e. The Morgan fingerprint density at radius 3 is 2.62 bits per heavy atom. The summed E-state index contributed by atoms with van der Waals surface area (Å²) >= 11 is 0. The maximum Gasteiger partial charge on any atom is 0.123 e. The van der Waals surface area contributed by atoms with Gasteiger partial charge in [-0.15, -0.1) is 0 Å². The van der Waals surface area contributed by atoms with Crippen LogP contribution in [0.25, 0.3) is 0 Å². The third-order valence-electron chi connectivity index (χ3n) is 3.39. The third-order valence-corrected chi connectivity index (χ3v) is 3.39. The number of nitrogens with one attached hydrogen (secondary N) is 1. The molecule has 2 rings (SSSR count). The van der Waals surface area contributed by atoms with Crippen molar-refractivity contribution in [2.45, 2.75) is 19.3 Å². The summed E-state index contributed by atoms with van der Waals surface area (Å²) in [5.74, 6) is -0.205. The van der Waals surface area contributed by atoms with Gasteiger partial charge in [0.25, 0.3) is 0 Å². The largest absolute Gasteiger partial charge is 0.396 e. The second kappa shape index (κ2) is 4.93. The van der Waals surface area contributed by atoms with Gasteiger partial charge in [-0.3, -0.25) is 0 Å². The van der Waals surface area contributed by atoms with E-state index in [1.165, 1.54) is 12.1 Å². The summed E-state index contributed by atoms with van der Waals surface area (Å²) in [4.78, 5) is 0. The number of aliphatic hydroxyl groups is 1. The molecule has 0 spiro atoms. The topological polar surface area (TPSA) is 32.3 Å². The molecule has 0 aromatic heterocycles. The van der Waals surface area contributed by atoms with Crippen LogP contribution in [0.3, 0.4) is 0 Å². The molecule has 3 heteroatoms. The molecule has 1 aliphatic rings. The number of aliphatic hydroxyl groups excluding tert-OH is 1. The van der Waals surface area contributed by atoms with Gasteiger partial charge in [-0.25, -0.2) is 4.39 Å². The second-order valence-electron chi connectivity index (χ2n) is 4.74. The Bertz CT molecular complexity index is 330. The minimum absolute atomic E-state index is 0.0594. The predicted molar refractivity (Wildman–Crippen MR) is 61.7 cm³/mol. The highest BCUT2D eigenvalue weighted by Crippen LogP contribution is 2.30. The number of rotatable bonds is 3. The Morgan fingerprint density at radius 2 is 2.06 bits per heavy atom. The SMILES string of the molecule is OC[C@]1(Cc2ccc(F)cc2)CCCNC1. The van der Waals surface area contributed by atoms with E-state index >= 15 is 0 Å². The lowest BCUT2D eigenvalue weighted by molar-refractivity contribution is 0.0948. The molecule has 0 saturated carbocycles. The highest BCUT2D eigenvalue weighted by molar-refractivity contribution is 5.18. The van der Waals surface area contributed by atoms with E-state index in [0.29, 0.717) is 0 Å². The summed E-state index contributed by atoms with van der Waals surface area (Å²) in [5.41, 5.74) is 1.04. The van der Waals surface area contributed by atoms with Crippen molar-refractivity contribution < 1.29 is 9.50 Å². The monoisotopic (exact) mass is 223 g/mol. The Labute approximate surface area is 95.5 Å². The van der Waals surface area contributed by atoms with E-state index < -0.39 is 0 Å². The van der Waals surface area contributed by atoms with Gasteiger partial charge in [0.2, 0.25) is 0 Å². The molecule has 2 nitrogen and oxygen atoms in total. The van der Waals surface area contributed by atoms with E-state index in [9.17, 15) is 9.50 Å². The fourth-order valence-corrected chi connectivity index (χ4v) is 2.41. The lowest BCUT2D eigenvalue weighted by atomic mass is 9.76. The van der Waals surface area contributed by atoms with E-state index in [4.69, 9.17) is 0 Å². The van der Waals surface area contributed by atoms with Gasteiger partial charge in [0, 0.05) is 12.0 Å². The van der Waals surface area contributed by atoms with Crippen LogP contribution in [0.1, 0.15) is 18.4 Å². The van der Waals surface area contributed by atoms with Crippen LogP contribution in [0.2, 0.25) is 0 Å². The first-order valence-corrected chi connectivity index (χ1v) is 5.80. The van der Waals surface area contributed by atoms with Crippen molar-refractivity contribution in [3.63, 3.8) is 0 Å². The second-order valence-corrected chi connectivity index (χ2v) is 4.74. The maximum atomic E-state index is 12.8. The van der Waals surface area contributed by atoms with Gasteiger partial charge in [-0.1, -0.05) is 12.1 Å². The van der Waals surface area contributed by atoms with Crippen LogP contribution < -0.4 is 5.32 Å². The summed E-state index contributed by atoms with van der Waals surface area (Å²) in [7, 11) is 0. The molecular formula is C13H18FNO. The molecule has 1 aliphatic heterocycles. The molecule has 0 aliphatic carbocycles. The van der Waals surface area contributed by atoms with Crippen LogP contribution in [-0.4, -0.2) is 24.8 Å². The van der Waals surface area contributed by atoms with E-state index in [0.717, 1.165) is 37.9 Å². The lowest BCUT2D eigenvalue weighted by Gasteiger charge is -2.36. The van der Waals surface area contributed by atoms with Gasteiger partial charge in [-0.2, -0.15) is 0 Å². The Morgan fingerprint density at radius 1 is 1.31 bits per heavy atom. The molecule has 2 N–H and O–H groups in total. The van der Waals surface area contributed by atoms with Crippen molar-refractivity contribution >= 4 is 0 Å². The molecule has 88 valence electrons. The number of hydrogen-bond acceptors (Lipinski definition) is 2. The van der Waals surface area contributed by atoms with E-state index in [2.05, 4.69) is 5.32 Å². The highest BCUT2D eigenvalue weighted by Gasteiger charge is 2.31. The molecule has 0 radical (unpaired) electrons. The van der Waals surface area contributed by atoms with Crippen molar-refractivity contribution in [3.8, 4) is 0 Å². The Hall–Kier alpha value is -0.930. The van der Waals surface area contributed by atoms with Gasteiger partial charge in [0.05, 0.1) is 6.61 Å². The predicted octanol–water partition coefficient (Wildman–Crippen LogP) is 1.73. The average Bonchev–Trinajstić information content (AvgIpc) is 2.33. The maximum absolute atomic E-state index is 12.8. The lowest BCUT2D eigenvalue weighted by Crippen LogP contribution is -2.44. The molecular weight excluding hydrogens is 205 g/mol.